The molecule has 0 atom stereocenters. The van der Waals surface area contributed by atoms with E-state index >= 15 is 0 Å². The monoisotopic (exact) mass is 258 g/mol. The van der Waals surface area contributed by atoms with Crippen molar-refractivity contribution in [3.8, 4) is 0 Å². The molecular weight excluding hydrogens is 248 g/mol. The third-order valence-electron chi connectivity index (χ3n) is 1.86. The van der Waals surface area contributed by atoms with Crippen LogP contribution in [0.4, 0.5) is 0 Å². The zero-order valence-electron chi connectivity index (χ0n) is 8.49. The molecule has 1 aromatic rings. The van der Waals surface area contributed by atoms with Crippen LogP contribution in [-0.4, -0.2) is 18.8 Å². The van der Waals surface area contributed by atoms with Crippen molar-refractivity contribution in [2.45, 2.75) is 0 Å². The van der Waals surface area contributed by atoms with E-state index in [1.165, 1.54) is 0 Å². The molecule has 0 heterocycles. The number of benzene rings is 1. The van der Waals surface area contributed by atoms with Gasteiger partial charge in [-0.2, -0.15) is 0 Å². The lowest BCUT2D eigenvalue weighted by molar-refractivity contribution is -0.103. The molecule has 0 radical (unpaired) electrons. The highest BCUT2D eigenvalue weighted by Crippen LogP contribution is 2.32. The van der Waals surface area contributed by atoms with E-state index in [0.717, 1.165) is 21.7 Å². The van der Waals surface area contributed by atoms with Gasteiger partial charge in [-0.05, 0) is 30.2 Å². The first-order valence-electron chi connectivity index (χ1n) is 4.26. The quantitative estimate of drug-likeness (QED) is 0.602. The highest BCUT2D eigenvalue weighted by molar-refractivity contribution is 8.22. The minimum absolute atomic E-state index is 0.679. The van der Waals surface area contributed by atoms with Gasteiger partial charge in [0.15, 0.2) is 6.29 Å². The third-order valence-corrected chi connectivity index (χ3v) is 4.30. The Morgan fingerprint density at radius 1 is 1.20 bits per heavy atom. The van der Waals surface area contributed by atoms with Crippen LogP contribution in [0.2, 0.25) is 5.02 Å². The maximum absolute atomic E-state index is 11.0. The van der Waals surface area contributed by atoms with E-state index < -0.39 is 0 Å². The average Bonchev–Trinajstić information content (AvgIpc) is 2.27. The summed E-state index contributed by atoms with van der Waals surface area (Å²) in [5.74, 6) is 0. The van der Waals surface area contributed by atoms with Crippen molar-refractivity contribution in [3.63, 3.8) is 0 Å². The Bertz CT molecular complexity index is 365. The number of thioether (sulfide) groups is 2. The van der Waals surface area contributed by atoms with Crippen LogP contribution >= 0.6 is 35.1 Å². The van der Waals surface area contributed by atoms with E-state index in [0.29, 0.717) is 5.02 Å². The average molecular weight is 259 g/mol. The molecule has 4 heteroatoms. The second-order valence-electron chi connectivity index (χ2n) is 2.73. The van der Waals surface area contributed by atoms with Crippen LogP contribution in [-0.2, 0) is 4.79 Å². The molecule has 0 aromatic heterocycles. The SMILES string of the molecule is CSC(SC)=C(C=O)c1ccc(Cl)cc1. The summed E-state index contributed by atoms with van der Waals surface area (Å²) < 4.78 is 1.02. The van der Waals surface area contributed by atoms with Crippen LogP contribution in [0.5, 0.6) is 0 Å². The lowest BCUT2D eigenvalue weighted by Crippen LogP contribution is -1.88. The molecule has 0 bridgehead atoms. The molecule has 0 saturated heterocycles. The summed E-state index contributed by atoms with van der Waals surface area (Å²) >= 11 is 8.95. The Morgan fingerprint density at radius 3 is 2.13 bits per heavy atom. The highest BCUT2D eigenvalue weighted by atomic mass is 35.5. The van der Waals surface area contributed by atoms with Gasteiger partial charge in [-0.25, -0.2) is 0 Å². The summed E-state index contributed by atoms with van der Waals surface area (Å²) in [6.07, 6.45) is 4.82. The molecule has 15 heavy (non-hydrogen) atoms. The fourth-order valence-corrected chi connectivity index (χ4v) is 2.73. The molecular formula is C11H11ClOS2. The molecule has 0 amide bonds. The summed E-state index contributed by atoms with van der Waals surface area (Å²) in [6, 6.07) is 7.30. The summed E-state index contributed by atoms with van der Waals surface area (Å²) in [5, 5.41) is 0.679. The van der Waals surface area contributed by atoms with Gasteiger partial charge in [-0.3, -0.25) is 4.79 Å². The van der Waals surface area contributed by atoms with Crippen LogP contribution in [0.15, 0.2) is 28.5 Å². The number of carbonyl (C=O) groups excluding carboxylic acids is 1. The Hall–Kier alpha value is -0.380. The lowest BCUT2D eigenvalue weighted by Gasteiger charge is -2.06. The largest absolute Gasteiger partial charge is 0.298 e. The van der Waals surface area contributed by atoms with E-state index in [4.69, 9.17) is 11.6 Å². The van der Waals surface area contributed by atoms with E-state index in [1.807, 2.05) is 24.6 Å². The number of rotatable bonds is 4. The first-order chi connectivity index (χ1) is 7.22. The maximum Gasteiger partial charge on any atom is 0.152 e. The van der Waals surface area contributed by atoms with E-state index in [-0.39, 0.29) is 0 Å². The molecule has 0 aliphatic rings. The van der Waals surface area contributed by atoms with E-state index in [9.17, 15) is 4.79 Å². The number of hydrogen-bond donors (Lipinski definition) is 0. The van der Waals surface area contributed by atoms with Crippen molar-refractivity contribution in [3.05, 3.63) is 39.1 Å². The minimum Gasteiger partial charge on any atom is -0.298 e. The fraction of sp³-hybridized carbons (Fsp3) is 0.182. The number of halogens is 1. The molecule has 0 aliphatic heterocycles. The number of carbonyl (C=O) groups is 1. The molecule has 0 spiro atoms. The fourth-order valence-electron chi connectivity index (χ4n) is 1.17. The standard InChI is InChI=1S/C11H11ClOS2/c1-14-11(15-2)10(7-13)8-3-5-9(12)6-4-8/h3-7H,1-2H3. The molecule has 1 aromatic carbocycles. The Morgan fingerprint density at radius 2 is 1.73 bits per heavy atom. The van der Waals surface area contributed by atoms with Crippen LogP contribution in [0.25, 0.3) is 5.57 Å². The maximum atomic E-state index is 11.0. The van der Waals surface area contributed by atoms with Gasteiger partial charge < -0.3 is 0 Å². The van der Waals surface area contributed by atoms with Gasteiger partial charge in [0.05, 0.1) is 4.24 Å². The molecule has 1 rings (SSSR count). The van der Waals surface area contributed by atoms with Crippen molar-refractivity contribution in [2.24, 2.45) is 0 Å². The molecule has 80 valence electrons. The van der Waals surface area contributed by atoms with E-state index in [2.05, 4.69) is 0 Å². The van der Waals surface area contributed by atoms with Crippen LogP contribution in [0.1, 0.15) is 5.56 Å². The predicted octanol–water partition coefficient (Wildman–Crippen LogP) is 3.93. The van der Waals surface area contributed by atoms with Crippen LogP contribution in [0, 0.1) is 0 Å². The lowest BCUT2D eigenvalue weighted by atomic mass is 10.1. The molecule has 0 aliphatic carbocycles. The second-order valence-corrected chi connectivity index (χ2v) is 5.06. The zero-order chi connectivity index (χ0) is 11.3. The van der Waals surface area contributed by atoms with Crippen molar-refractivity contribution < 1.29 is 4.79 Å². The summed E-state index contributed by atoms with van der Waals surface area (Å²) in [6.45, 7) is 0. The molecule has 0 N–H and O–H groups in total. The minimum atomic E-state index is 0.679. The van der Waals surface area contributed by atoms with Gasteiger partial charge in [0.25, 0.3) is 0 Å². The molecule has 0 unspecified atom stereocenters. The highest BCUT2D eigenvalue weighted by Gasteiger charge is 2.06. The van der Waals surface area contributed by atoms with Crippen LogP contribution < -0.4 is 0 Å². The topological polar surface area (TPSA) is 17.1 Å². The van der Waals surface area contributed by atoms with Crippen molar-refractivity contribution >= 4 is 47.0 Å². The number of aldehydes is 1. The van der Waals surface area contributed by atoms with Gasteiger partial charge in [0.2, 0.25) is 0 Å². The second kappa shape index (κ2) is 6.26. The first-order valence-corrected chi connectivity index (χ1v) is 7.09. The van der Waals surface area contributed by atoms with Gasteiger partial charge in [-0.1, -0.05) is 23.7 Å². The molecule has 0 saturated carbocycles. The smallest absolute Gasteiger partial charge is 0.152 e. The summed E-state index contributed by atoms with van der Waals surface area (Å²) in [5.41, 5.74) is 1.64. The van der Waals surface area contributed by atoms with Gasteiger partial charge in [0, 0.05) is 10.6 Å². The first kappa shape index (κ1) is 12.7. The normalized spacial score (nSPS) is 9.80. The Labute approximate surface area is 103 Å². The van der Waals surface area contributed by atoms with Gasteiger partial charge >= 0.3 is 0 Å². The predicted molar refractivity (Wildman–Crippen MR) is 71.5 cm³/mol. The Kier molecular flexibility index (Phi) is 5.29. The third kappa shape index (κ3) is 3.30. The van der Waals surface area contributed by atoms with E-state index in [1.54, 1.807) is 35.7 Å². The molecule has 1 nitrogen and oxygen atoms in total. The Balaban J connectivity index is 3.17. The van der Waals surface area contributed by atoms with Gasteiger partial charge in [-0.15, -0.1) is 23.5 Å². The number of allylic oxidation sites excluding steroid dienone is 1. The summed E-state index contributed by atoms with van der Waals surface area (Å²) in [7, 11) is 0. The van der Waals surface area contributed by atoms with Crippen LogP contribution in [0.3, 0.4) is 0 Å². The zero-order valence-corrected chi connectivity index (χ0v) is 10.9. The molecule has 0 fully saturated rings. The summed E-state index contributed by atoms with van der Waals surface area (Å²) in [4.78, 5) is 11.0. The van der Waals surface area contributed by atoms with Crippen molar-refractivity contribution in [2.75, 3.05) is 12.5 Å². The van der Waals surface area contributed by atoms with Crippen molar-refractivity contribution in [1.82, 2.24) is 0 Å². The van der Waals surface area contributed by atoms with Gasteiger partial charge in [0.1, 0.15) is 0 Å². The van der Waals surface area contributed by atoms with Crippen molar-refractivity contribution in [1.29, 1.82) is 0 Å². The number of hydrogen-bond acceptors (Lipinski definition) is 3.